The lowest BCUT2D eigenvalue weighted by Crippen LogP contribution is -2.58. The van der Waals surface area contributed by atoms with Gasteiger partial charge in [0.25, 0.3) is 5.91 Å². The highest BCUT2D eigenvalue weighted by molar-refractivity contribution is 5.99. The van der Waals surface area contributed by atoms with E-state index < -0.39 is 0 Å². The van der Waals surface area contributed by atoms with Crippen molar-refractivity contribution in [1.82, 2.24) is 14.3 Å². The number of amides is 1. The van der Waals surface area contributed by atoms with Crippen LogP contribution in [-0.2, 0) is 0 Å². The van der Waals surface area contributed by atoms with Crippen LogP contribution in [0.1, 0.15) is 48.9 Å². The van der Waals surface area contributed by atoms with Crippen molar-refractivity contribution in [2.45, 2.75) is 44.7 Å². The summed E-state index contributed by atoms with van der Waals surface area (Å²) in [5, 5.41) is 0. The molecule has 1 amide bonds. The number of carbonyl (C=O) groups is 1. The van der Waals surface area contributed by atoms with Crippen molar-refractivity contribution in [3.63, 3.8) is 0 Å². The number of anilines is 1. The fourth-order valence-corrected chi connectivity index (χ4v) is 4.60. The molecule has 1 saturated carbocycles. The summed E-state index contributed by atoms with van der Waals surface area (Å²) in [6.07, 6.45) is 4.38. The summed E-state index contributed by atoms with van der Waals surface area (Å²) < 4.78 is 2.11. The normalized spacial score (nSPS) is 22.6. The number of imidazole rings is 1. The number of aromatic nitrogens is 2. The molecule has 3 heterocycles. The highest BCUT2D eigenvalue weighted by Gasteiger charge is 2.35. The molecule has 0 N–H and O–H groups in total. The second-order valence-electron chi connectivity index (χ2n) is 8.20. The molecule has 1 aliphatic carbocycles. The number of carbonyl (C=O) groups excluding carboxylic acids is 1. The quantitative estimate of drug-likeness (QED) is 0.697. The Morgan fingerprint density at radius 3 is 2.32 bits per heavy atom. The average molecular weight is 374 g/mol. The van der Waals surface area contributed by atoms with Gasteiger partial charge in [0.1, 0.15) is 5.82 Å². The van der Waals surface area contributed by atoms with Crippen LogP contribution in [0, 0.1) is 0 Å². The van der Waals surface area contributed by atoms with Gasteiger partial charge in [0.05, 0.1) is 5.52 Å². The third kappa shape index (κ3) is 2.86. The fourth-order valence-electron chi connectivity index (χ4n) is 4.60. The maximum Gasteiger partial charge on any atom is 0.274 e. The van der Waals surface area contributed by atoms with Gasteiger partial charge in [-0.05, 0) is 51.0 Å². The summed E-state index contributed by atoms with van der Waals surface area (Å²) in [4.78, 5) is 22.7. The summed E-state index contributed by atoms with van der Waals surface area (Å²) in [6.45, 7) is 5.82. The van der Waals surface area contributed by atoms with Crippen LogP contribution in [0.15, 0.2) is 54.7 Å². The molecule has 2 aromatic heterocycles. The fraction of sp³-hybridized carbons (Fsp3) is 0.391. The third-order valence-corrected chi connectivity index (χ3v) is 5.98. The van der Waals surface area contributed by atoms with Crippen LogP contribution in [0.5, 0.6) is 0 Å². The Morgan fingerprint density at radius 2 is 1.64 bits per heavy atom. The minimum Gasteiger partial charge on any atom is -0.363 e. The Kier molecular flexibility index (Phi) is 4.11. The lowest BCUT2D eigenvalue weighted by molar-refractivity contribution is 0.0697. The number of pyridine rings is 1. The Hall–Kier alpha value is -2.82. The highest BCUT2D eigenvalue weighted by Crippen LogP contribution is 2.40. The maximum atomic E-state index is 13.4. The molecule has 2 fully saturated rings. The molecule has 28 heavy (non-hydrogen) atoms. The Bertz CT molecular complexity index is 996. The number of piperazine rings is 1. The maximum absolute atomic E-state index is 13.4. The third-order valence-electron chi connectivity index (χ3n) is 5.98. The van der Waals surface area contributed by atoms with Crippen LogP contribution in [-0.4, -0.2) is 45.4 Å². The molecule has 5 heteroatoms. The Balaban J connectivity index is 1.43. The largest absolute Gasteiger partial charge is 0.363 e. The van der Waals surface area contributed by atoms with Gasteiger partial charge in [-0.1, -0.05) is 24.3 Å². The molecule has 0 spiro atoms. The van der Waals surface area contributed by atoms with Gasteiger partial charge < -0.3 is 14.2 Å². The first-order valence-electron chi connectivity index (χ1n) is 10.2. The standard InChI is InChI=1S/C23H26N4O/c1-16-14-25(15-17(2)27(16)19-8-4-3-5-9-19)23(28)21-20-10-6-7-13-26(20)22(24-21)18-11-12-18/h3-10,13,16-18H,11-12,14-15H2,1-2H3. The van der Waals surface area contributed by atoms with Crippen molar-refractivity contribution in [2.24, 2.45) is 0 Å². The first-order chi connectivity index (χ1) is 13.6. The molecule has 0 radical (unpaired) electrons. The van der Waals surface area contributed by atoms with Crippen molar-refractivity contribution < 1.29 is 4.79 Å². The summed E-state index contributed by atoms with van der Waals surface area (Å²) in [7, 11) is 0. The number of hydrogen-bond donors (Lipinski definition) is 0. The zero-order valence-electron chi connectivity index (χ0n) is 16.5. The van der Waals surface area contributed by atoms with E-state index in [0.717, 1.165) is 11.3 Å². The van der Waals surface area contributed by atoms with Crippen molar-refractivity contribution >= 4 is 17.1 Å². The zero-order valence-corrected chi connectivity index (χ0v) is 16.5. The van der Waals surface area contributed by atoms with Gasteiger partial charge in [0, 0.05) is 43.0 Å². The van der Waals surface area contributed by atoms with Crippen LogP contribution in [0.2, 0.25) is 0 Å². The minimum atomic E-state index is 0.0574. The molecule has 2 atom stereocenters. The van der Waals surface area contributed by atoms with Gasteiger partial charge in [0.2, 0.25) is 0 Å². The van der Waals surface area contributed by atoms with E-state index in [1.54, 1.807) is 0 Å². The molecule has 144 valence electrons. The number of nitrogens with zero attached hydrogens (tertiary/aromatic N) is 4. The molecule has 5 nitrogen and oxygen atoms in total. The number of benzene rings is 1. The van der Waals surface area contributed by atoms with E-state index in [4.69, 9.17) is 4.98 Å². The topological polar surface area (TPSA) is 40.9 Å². The predicted octanol–water partition coefficient (Wildman–Crippen LogP) is 3.95. The first kappa shape index (κ1) is 17.3. The summed E-state index contributed by atoms with van der Waals surface area (Å²) in [5.74, 6) is 1.61. The van der Waals surface area contributed by atoms with Gasteiger partial charge in [-0.15, -0.1) is 0 Å². The number of para-hydroxylation sites is 1. The van der Waals surface area contributed by atoms with E-state index in [-0.39, 0.29) is 18.0 Å². The van der Waals surface area contributed by atoms with E-state index in [1.807, 2.05) is 35.4 Å². The van der Waals surface area contributed by atoms with Crippen molar-refractivity contribution in [3.8, 4) is 0 Å². The highest BCUT2D eigenvalue weighted by atomic mass is 16.2. The second kappa shape index (κ2) is 6.66. The molecule has 0 bridgehead atoms. The van der Waals surface area contributed by atoms with Crippen LogP contribution in [0.25, 0.3) is 5.52 Å². The first-order valence-corrected chi connectivity index (χ1v) is 10.2. The molecule has 3 aromatic rings. The molecule has 5 rings (SSSR count). The zero-order chi connectivity index (χ0) is 19.3. The minimum absolute atomic E-state index is 0.0574. The van der Waals surface area contributed by atoms with Gasteiger partial charge >= 0.3 is 0 Å². The SMILES string of the molecule is CC1CN(C(=O)c2nc(C3CC3)n3ccccc23)CC(C)N1c1ccccc1. The van der Waals surface area contributed by atoms with Gasteiger partial charge in [-0.25, -0.2) is 4.98 Å². The molecule has 1 aromatic carbocycles. The van der Waals surface area contributed by atoms with Crippen LogP contribution in [0.3, 0.4) is 0 Å². The van der Waals surface area contributed by atoms with Crippen molar-refractivity contribution in [2.75, 3.05) is 18.0 Å². The van der Waals surface area contributed by atoms with E-state index in [1.165, 1.54) is 18.5 Å². The summed E-state index contributed by atoms with van der Waals surface area (Å²) in [6, 6.07) is 17.0. The smallest absolute Gasteiger partial charge is 0.274 e. The molecule has 1 aliphatic heterocycles. The van der Waals surface area contributed by atoms with Gasteiger partial charge in [0.15, 0.2) is 5.69 Å². The van der Waals surface area contributed by atoms with Gasteiger partial charge in [-0.3, -0.25) is 4.79 Å². The van der Waals surface area contributed by atoms with E-state index >= 15 is 0 Å². The number of rotatable bonds is 3. The lowest BCUT2D eigenvalue weighted by Gasteiger charge is -2.45. The Labute approximate surface area is 165 Å². The predicted molar refractivity (Wildman–Crippen MR) is 111 cm³/mol. The Morgan fingerprint density at radius 1 is 0.964 bits per heavy atom. The van der Waals surface area contributed by atoms with Crippen LogP contribution >= 0.6 is 0 Å². The number of fused-ring (bicyclic) bond motifs is 1. The lowest BCUT2D eigenvalue weighted by atomic mass is 10.1. The van der Waals surface area contributed by atoms with Crippen molar-refractivity contribution in [3.05, 3.63) is 66.2 Å². The van der Waals surface area contributed by atoms with E-state index in [2.05, 4.69) is 47.4 Å². The molecular weight excluding hydrogens is 348 g/mol. The van der Waals surface area contributed by atoms with E-state index in [0.29, 0.717) is 24.7 Å². The van der Waals surface area contributed by atoms with Gasteiger partial charge in [-0.2, -0.15) is 0 Å². The number of hydrogen-bond acceptors (Lipinski definition) is 3. The summed E-state index contributed by atoms with van der Waals surface area (Å²) in [5.41, 5.74) is 2.76. The van der Waals surface area contributed by atoms with Crippen LogP contribution < -0.4 is 4.90 Å². The molecule has 2 unspecified atom stereocenters. The molecule has 1 saturated heterocycles. The molecule has 2 aliphatic rings. The molecular formula is C23H26N4O. The van der Waals surface area contributed by atoms with Crippen molar-refractivity contribution in [1.29, 1.82) is 0 Å². The average Bonchev–Trinajstić information content (AvgIpc) is 3.48. The van der Waals surface area contributed by atoms with Crippen LogP contribution in [0.4, 0.5) is 5.69 Å². The monoisotopic (exact) mass is 374 g/mol. The summed E-state index contributed by atoms with van der Waals surface area (Å²) >= 11 is 0. The second-order valence-corrected chi connectivity index (χ2v) is 8.20. The van der Waals surface area contributed by atoms with E-state index in [9.17, 15) is 4.79 Å².